The van der Waals surface area contributed by atoms with Gasteiger partial charge in [-0.25, -0.2) is 4.98 Å². The van der Waals surface area contributed by atoms with Crippen LogP contribution in [0.4, 0.5) is 0 Å². The SMILES string of the molecule is O=C(c1nnc2n1CCCC2)N1CCc2nc(-c3ccccc3)[nH]c2C1. The summed E-state index contributed by atoms with van der Waals surface area (Å²) < 4.78 is 1.99. The van der Waals surface area contributed by atoms with E-state index >= 15 is 0 Å². The highest BCUT2D eigenvalue weighted by Crippen LogP contribution is 2.24. The van der Waals surface area contributed by atoms with E-state index in [0.29, 0.717) is 18.9 Å². The van der Waals surface area contributed by atoms with Gasteiger partial charge in [0.25, 0.3) is 5.91 Å². The number of amides is 1. The normalized spacial score (nSPS) is 16.2. The number of hydrogen-bond acceptors (Lipinski definition) is 4. The van der Waals surface area contributed by atoms with Crippen LogP contribution in [0, 0.1) is 0 Å². The number of imidazole rings is 1. The molecule has 1 aromatic carbocycles. The maximum Gasteiger partial charge on any atom is 0.292 e. The molecule has 0 saturated heterocycles. The molecular formula is C19H20N6O. The number of carbonyl (C=O) groups is 1. The molecule has 0 bridgehead atoms. The number of carbonyl (C=O) groups excluding carboxylic acids is 1. The molecule has 3 aromatic rings. The number of nitrogens with one attached hydrogen (secondary N) is 1. The van der Waals surface area contributed by atoms with Crippen molar-refractivity contribution in [3.8, 4) is 11.4 Å². The van der Waals surface area contributed by atoms with Gasteiger partial charge in [0.15, 0.2) is 0 Å². The van der Waals surface area contributed by atoms with Crippen molar-refractivity contribution in [2.75, 3.05) is 6.54 Å². The Kier molecular flexibility index (Phi) is 3.58. The first-order chi connectivity index (χ1) is 12.8. The van der Waals surface area contributed by atoms with Crippen molar-refractivity contribution >= 4 is 5.91 Å². The van der Waals surface area contributed by atoms with Gasteiger partial charge in [0.1, 0.15) is 11.6 Å². The van der Waals surface area contributed by atoms with Crippen molar-refractivity contribution in [3.63, 3.8) is 0 Å². The summed E-state index contributed by atoms with van der Waals surface area (Å²) in [4.78, 5) is 23.0. The molecule has 7 heteroatoms. The smallest absolute Gasteiger partial charge is 0.292 e. The van der Waals surface area contributed by atoms with Crippen LogP contribution in [-0.2, 0) is 25.9 Å². The first-order valence-corrected chi connectivity index (χ1v) is 9.14. The van der Waals surface area contributed by atoms with E-state index in [1.807, 2.05) is 39.8 Å². The number of rotatable bonds is 2. The molecule has 2 aliphatic rings. The number of benzene rings is 1. The minimum Gasteiger partial charge on any atom is -0.340 e. The predicted molar refractivity (Wildman–Crippen MR) is 95.4 cm³/mol. The Labute approximate surface area is 151 Å². The van der Waals surface area contributed by atoms with Gasteiger partial charge in [0.05, 0.1) is 17.9 Å². The first-order valence-electron chi connectivity index (χ1n) is 9.14. The first kappa shape index (κ1) is 15.3. The van der Waals surface area contributed by atoms with Crippen LogP contribution in [-0.4, -0.2) is 42.1 Å². The topological polar surface area (TPSA) is 79.7 Å². The van der Waals surface area contributed by atoms with Crippen molar-refractivity contribution in [2.24, 2.45) is 0 Å². The van der Waals surface area contributed by atoms with E-state index in [1.54, 1.807) is 0 Å². The molecule has 0 aliphatic carbocycles. The highest BCUT2D eigenvalue weighted by Gasteiger charge is 2.29. The zero-order valence-corrected chi connectivity index (χ0v) is 14.5. The molecule has 132 valence electrons. The fourth-order valence-corrected chi connectivity index (χ4v) is 3.81. The van der Waals surface area contributed by atoms with Gasteiger partial charge >= 0.3 is 0 Å². The fraction of sp³-hybridized carbons (Fsp3) is 0.368. The molecule has 0 fully saturated rings. The number of fused-ring (bicyclic) bond motifs is 2. The highest BCUT2D eigenvalue weighted by atomic mass is 16.2. The van der Waals surface area contributed by atoms with Crippen molar-refractivity contribution < 1.29 is 4.79 Å². The summed E-state index contributed by atoms with van der Waals surface area (Å²) in [5, 5.41) is 8.38. The Morgan fingerprint density at radius 2 is 1.92 bits per heavy atom. The van der Waals surface area contributed by atoms with Crippen LogP contribution in [0.1, 0.15) is 40.7 Å². The van der Waals surface area contributed by atoms with Crippen LogP contribution >= 0.6 is 0 Å². The minimum absolute atomic E-state index is 0.0350. The molecule has 5 rings (SSSR count). The van der Waals surface area contributed by atoms with Gasteiger partial charge in [-0.3, -0.25) is 4.79 Å². The van der Waals surface area contributed by atoms with Gasteiger partial charge in [0, 0.05) is 31.5 Å². The lowest BCUT2D eigenvalue weighted by Crippen LogP contribution is -2.37. The zero-order chi connectivity index (χ0) is 17.5. The second-order valence-corrected chi connectivity index (χ2v) is 6.90. The third-order valence-electron chi connectivity index (χ3n) is 5.22. The minimum atomic E-state index is -0.0350. The van der Waals surface area contributed by atoms with Crippen LogP contribution in [0.15, 0.2) is 30.3 Å². The van der Waals surface area contributed by atoms with E-state index in [2.05, 4.69) is 15.2 Å². The molecule has 1 amide bonds. The van der Waals surface area contributed by atoms with Crippen molar-refractivity contribution in [1.29, 1.82) is 0 Å². The molecule has 26 heavy (non-hydrogen) atoms. The van der Waals surface area contributed by atoms with Gasteiger partial charge in [-0.1, -0.05) is 30.3 Å². The molecule has 0 spiro atoms. The molecule has 0 unspecified atom stereocenters. The molecular weight excluding hydrogens is 328 g/mol. The van der Waals surface area contributed by atoms with Crippen LogP contribution in [0.5, 0.6) is 0 Å². The van der Waals surface area contributed by atoms with Crippen LogP contribution in [0.2, 0.25) is 0 Å². The number of aromatic nitrogens is 5. The van der Waals surface area contributed by atoms with Gasteiger partial charge in [-0.15, -0.1) is 10.2 Å². The Bertz CT molecular complexity index is 958. The number of H-pyrrole nitrogens is 1. The third kappa shape index (κ3) is 2.51. The number of aryl methyl sites for hydroxylation is 1. The Morgan fingerprint density at radius 3 is 2.81 bits per heavy atom. The number of nitrogens with zero attached hydrogens (tertiary/aromatic N) is 5. The second kappa shape index (κ2) is 6.09. The summed E-state index contributed by atoms with van der Waals surface area (Å²) in [6.07, 6.45) is 3.86. The average molecular weight is 348 g/mol. The van der Waals surface area contributed by atoms with Gasteiger partial charge < -0.3 is 14.5 Å². The largest absolute Gasteiger partial charge is 0.340 e. The zero-order valence-electron chi connectivity index (χ0n) is 14.5. The lowest BCUT2D eigenvalue weighted by atomic mass is 10.1. The molecule has 7 nitrogen and oxygen atoms in total. The predicted octanol–water partition coefficient (Wildman–Crippen LogP) is 2.20. The van der Waals surface area contributed by atoms with E-state index in [-0.39, 0.29) is 5.91 Å². The van der Waals surface area contributed by atoms with E-state index in [4.69, 9.17) is 4.98 Å². The molecule has 2 aromatic heterocycles. The molecule has 0 radical (unpaired) electrons. The summed E-state index contributed by atoms with van der Waals surface area (Å²) in [5.74, 6) is 2.24. The molecule has 2 aliphatic heterocycles. The average Bonchev–Trinajstić information content (AvgIpc) is 3.32. The molecule has 4 heterocycles. The Morgan fingerprint density at radius 1 is 1.04 bits per heavy atom. The lowest BCUT2D eigenvalue weighted by Gasteiger charge is -2.26. The summed E-state index contributed by atoms with van der Waals surface area (Å²) in [6, 6.07) is 10.1. The van der Waals surface area contributed by atoms with E-state index in [9.17, 15) is 4.79 Å². The Hall–Kier alpha value is -2.96. The second-order valence-electron chi connectivity index (χ2n) is 6.90. The van der Waals surface area contributed by atoms with E-state index in [0.717, 1.165) is 60.8 Å². The van der Waals surface area contributed by atoms with Gasteiger partial charge in [-0.2, -0.15) is 0 Å². The van der Waals surface area contributed by atoms with Gasteiger partial charge in [-0.05, 0) is 12.8 Å². The van der Waals surface area contributed by atoms with Crippen molar-refractivity contribution in [2.45, 2.75) is 38.8 Å². The van der Waals surface area contributed by atoms with Gasteiger partial charge in [0.2, 0.25) is 5.82 Å². The summed E-state index contributed by atoms with van der Waals surface area (Å²) in [5.41, 5.74) is 3.13. The van der Waals surface area contributed by atoms with E-state index in [1.165, 1.54) is 0 Å². The van der Waals surface area contributed by atoms with Crippen molar-refractivity contribution in [3.05, 3.63) is 53.4 Å². The molecule has 1 N–H and O–H groups in total. The number of aromatic amines is 1. The van der Waals surface area contributed by atoms with Crippen molar-refractivity contribution in [1.82, 2.24) is 29.6 Å². The Balaban J connectivity index is 1.40. The fourth-order valence-electron chi connectivity index (χ4n) is 3.81. The molecule has 0 atom stereocenters. The third-order valence-corrected chi connectivity index (χ3v) is 5.22. The standard InChI is InChI=1S/C19H20N6O/c26-19(18-23-22-16-8-4-5-10-25(16)18)24-11-9-14-15(12-24)21-17(20-14)13-6-2-1-3-7-13/h1-3,6-7H,4-5,8-12H2,(H,20,21). The maximum absolute atomic E-state index is 13.0. The quantitative estimate of drug-likeness (QED) is 0.770. The van der Waals surface area contributed by atoms with E-state index < -0.39 is 0 Å². The highest BCUT2D eigenvalue weighted by molar-refractivity contribution is 5.91. The maximum atomic E-state index is 13.0. The van der Waals surface area contributed by atoms with Crippen LogP contribution in [0.25, 0.3) is 11.4 Å². The summed E-state index contributed by atoms with van der Waals surface area (Å²) >= 11 is 0. The van der Waals surface area contributed by atoms with Crippen LogP contribution in [0.3, 0.4) is 0 Å². The monoisotopic (exact) mass is 348 g/mol. The molecule has 0 saturated carbocycles. The summed E-state index contributed by atoms with van der Waals surface area (Å²) in [7, 11) is 0. The lowest BCUT2D eigenvalue weighted by molar-refractivity contribution is 0.0712. The van der Waals surface area contributed by atoms with Crippen LogP contribution < -0.4 is 0 Å². The summed E-state index contributed by atoms with van der Waals surface area (Å²) in [6.45, 7) is 2.04. The number of hydrogen-bond donors (Lipinski definition) is 1.